The van der Waals surface area contributed by atoms with Gasteiger partial charge in [-0.15, -0.1) is 11.3 Å². The summed E-state index contributed by atoms with van der Waals surface area (Å²) in [6, 6.07) is 0. The highest BCUT2D eigenvalue weighted by atomic mass is 32.1. The molecule has 0 aromatic carbocycles. The minimum Gasteiger partial charge on any atom is -0.480 e. The van der Waals surface area contributed by atoms with Gasteiger partial charge in [-0.1, -0.05) is 6.92 Å². The van der Waals surface area contributed by atoms with E-state index in [1.165, 1.54) is 11.3 Å². The van der Waals surface area contributed by atoms with Crippen molar-refractivity contribution in [2.24, 2.45) is 11.1 Å². The first-order valence-electron chi connectivity index (χ1n) is 8.24. The Morgan fingerprint density at radius 2 is 2.16 bits per heavy atom. The summed E-state index contributed by atoms with van der Waals surface area (Å²) in [4.78, 5) is 25.3. The van der Waals surface area contributed by atoms with Gasteiger partial charge in [-0.25, -0.2) is 4.98 Å². The van der Waals surface area contributed by atoms with Gasteiger partial charge >= 0.3 is 0 Å². The maximum atomic E-state index is 13.0. The standard InChI is InChI=1S/C17H24N4O3S/c1-10-12-14(24-4)19-11(7-23-3)20-15(12)25-13(10)16(22)21-6-5-17(2,8-18)9-21/h5-9,18H2,1-4H3. The quantitative estimate of drug-likeness (QED) is 0.872. The first-order chi connectivity index (χ1) is 11.9. The van der Waals surface area contributed by atoms with Crippen molar-refractivity contribution >= 4 is 27.5 Å². The molecule has 0 bridgehead atoms. The number of ether oxygens (including phenoxy) is 2. The molecule has 7 nitrogen and oxygen atoms in total. The van der Waals surface area contributed by atoms with Gasteiger partial charge < -0.3 is 20.1 Å². The lowest BCUT2D eigenvalue weighted by Crippen LogP contribution is -2.34. The molecule has 1 atom stereocenters. The zero-order valence-electron chi connectivity index (χ0n) is 15.1. The predicted octanol–water partition coefficient (Wildman–Crippen LogP) is 1.97. The van der Waals surface area contributed by atoms with Gasteiger partial charge in [0.05, 0.1) is 17.4 Å². The fourth-order valence-electron chi connectivity index (χ4n) is 3.20. The average Bonchev–Trinajstić information content (AvgIpc) is 3.16. The van der Waals surface area contributed by atoms with Gasteiger partial charge in [0, 0.05) is 20.2 Å². The molecule has 1 unspecified atom stereocenters. The summed E-state index contributed by atoms with van der Waals surface area (Å²) in [5, 5.41) is 0.802. The van der Waals surface area contributed by atoms with E-state index in [4.69, 9.17) is 15.2 Å². The maximum Gasteiger partial charge on any atom is 0.264 e. The average molecular weight is 364 g/mol. The Kier molecular flexibility index (Phi) is 4.95. The van der Waals surface area contributed by atoms with Crippen LogP contribution in [0.2, 0.25) is 0 Å². The SMILES string of the molecule is COCc1nc(OC)c2c(C)c(C(=O)N3CCC(C)(CN)C3)sc2n1. The van der Waals surface area contributed by atoms with Gasteiger partial charge in [0.25, 0.3) is 5.91 Å². The zero-order valence-corrected chi connectivity index (χ0v) is 15.9. The van der Waals surface area contributed by atoms with Crippen molar-refractivity contribution in [3.05, 3.63) is 16.3 Å². The molecule has 0 radical (unpaired) electrons. The fourth-order valence-corrected chi connectivity index (χ4v) is 4.36. The molecule has 1 aliphatic rings. The van der Waals surface area contributed by atoms with E-state index < -0.39 is 0 Å². The molecule has 136 valence electrons. The highest BCUT2D eigenvalue weighted by Crippen LogP contribution is 2.37. The number of hydrogen-bond donors (Lipinski definition) is 1. The molecular formula is C17H24N4O3S. The van der Waals surface area contributed by atoms with E-state index in [2.05, 4.69) is 16.9 Å². The van der Waals surface area contributed by atoms with Gasteiger partial charge in [-0.3, -0.25) is 4.79 Å². The number of nitrogens with zero attached hydrogens (tertiary/aromatic N) is 3. The number of nitrogens with two attached hydrogens (primary N) is 1. The Hall–Kier alpha value is -1.77. The normalized spacial score (nSPS) is 20.4. The van der Waals surface area contributed by atoms with Gasteiger partial charge in [-0.05, 0) is 30.9 Å². The van der Waals surface area contributed by atoms with Crippen LogP contribution in [0.25, 0.3) is 10.2 Å². The van der Waals surface area contributed by atoms with Crippen LogP contribution in [0.4, 0.5) is 0 Å². The molecule has 1 saturated heterocycles. The summed E-state index contributed by atoms with van der Waals surface area (Å²) in [6.07, 6.45) is 0.931. The second-order valence-electron chi connectivity index (χ2n) is 6.81. The molecule has 0 aliphatic carbocycles. The van der Waals surface area contributed by atoms with E-state index in [0.29, 0.717) is 36.3 Å². The summed E-state index contributed by atoms with van der Waals surface area (Å²) in [7, 11) is 3.17. The van der Waals surface area contributed by atoms with E-state index >= 15 is 0 Å². The molecule has 2 N–H and O–H groups in total. The Labute approximate surface area is 151 Å². The van der Waals surface area contributed by atoms with Crippen LogP contribution in [0.5, 0.6) is 5.88 Å². The lowest BCUT2D eigenvalue weighted by Gasteiger charge is -2.22. The first-order valence-corrected chi connectivity index (χ1v) is 9.06. The van der Waals surface area contributed by atoms with Crippen LogP contribution in [-0.2, 0) is 11.3 Å². The molecule has 1 fully saturated rings. The number of amides is 1. The number of thiophene rings is 1. The number of fused-ring (bicyclic) bond motifs is 1. The van der Waals surface area contributed by atoms with Crippen molar-refractivity contribution < 1.29 is 14.3 Å². The monoisotopic (exact) mass is 364 g/mol. The summed E-state index contributed by atoms with van der Waals surface area (Å²) >= 11 is 1.39. The second-order valence-corrected chi connectivity index (χ2v) is 7.81. The Morgan fingerprint density at radius 3 is 2.76 bits per heavy atom. The number of aryl methyl sites for hydroxylation is 1. The van der Waals surface area contributed by atoms with Crippen molar-refractivity contribution in [1.29, 1.82) is 0 Å². The molecule has 0 saturated carbocycles. The van der Waals surface area contributed by atoms with Crippen molar-refractivity contribution in [3.63, 3.8) is 0 Å². The molecule has 1 aliphatic heterocycles. The first kappa shape index (κ1) is 18.0. The Bertz CT molecular complexity index is 807. The van der Waals surface area contributed by atoms with Crippen LogP contribution in [0.3, 0.4) is 0 Å². The van der Waals surface area contributed by atoms with Crippen LogP contribution in [0.15, 0.2) is 0 Å². The van der Waals surface area contributed by atoms with Crippen molar-refractivity contribution in [1.82, 2.24) is 14.9 Å². The van der Waals surface area contributed by atoms with E-state index in [1.807, 2.05) is 11.8 Å². The second kappa shape index (κ2) is 6.86. The summed E-state index contributed by atoms with van der Waals surface area (Å²) in [5.41, 5.74) is 6.73. The number of methoxy groups -OCH3 is 2. The van der Waals surface area contributed by atoms with Crippen molar-refractivity contribution in [2.45, 2.75) is 26.9 Å². The topological polar surface area (TPSA) is 90.6 Å². The third kappa shape index (κ3) is 3.21. The molecule has 3 rings (SSSR count). The van der Waals surface area contributed by atoms with Gasteiger partial charge in [0.2, 0.25) is 5.88 Å². The summed E-state index contributed by atoms with van der Waals surface area (Å²) < 4.78 is 10.5. The minimum absolute atomic E-state index is 0.00335. The Morgan fingerprint density at radius 1 is 1.40 bits per heavy atom. The highest BCUT2D eigenvalue weighted by Gasteiger charge is 2.36. The number of carbonyl (C=O) groups is 1. The lowest BCUT2D eigenvalue weighted by molar-refractivity contribution is 0.0781. The summed E-state index contributed by atoms with van der Waals surface area (Å²) in [5.74, 6) is 1.06. The highest BCUT2D eigenvalue weighted by molar-refractivity contribution is 7.20. The molecular weight excluding hydrogens is 340 g/mol. The molecule has 2 aromatic heterocycles. The molecule has 8 heteroatoms. The minimum atomic E-state index is 0.00335. The number of likely N-dealkylation sites (tertiary alicyclic amines) is 1. The molecule has 25 heavy (non-hydrogen) atoms. The van der Waals surface area contributed by atoms with Gasteiger partial charge in [0.1, 0.15) is 11.4 Å². The van der Waals surface area contributed by atoms with Crippen LogP contribution >= 0.6 is 11.3 Å². The van der Waals surface area contributed by atoms with E-state index in [9.17, 15) is 4.79 Å². The van der Waals surface area contributed by atoms with Gasteiger partial charge in [-0.2, -0.15) is 4.98 Å². The van der Waals surface area contributed by atoms with E-state index in [-0.39, 0.29) is 11.3 Å². The van der Waals surface area contributed by atoms with E-state index in [1.54, 1.807) is 14.2 Å². The van der Waals surface area contributed by atoms with Gasteiger partial charge in [0.15, 0.2) is 5.82 Å². The number of carbonyl (C=O) groups excluding carboxylic acids is 1. The van der Waals surface area contributed by atoms with Crippen LogP contribution in [-0.4, -0.2) is 54.6 Å². The zero-order chi connectivity index (χ0) is 18.2. The van der Waals surface area contributed by atoms with Crippen LogP contribution < -0.4 is 10.5 Å². The lowest BCUT2D eigenvalue weighted by atomic mass is 9.90. The molecule has 0 spiro atoms. The smallest absolute Gasteiger partial charge is 0.264 e. The third-order valence-electron chi connectivity index (χ3n) is 4.80. The maximum absolute atomic E-state index is 13.0. The van der Waals surface area contributed by atoms with E-state index in [0.717, 1.165) is 28.7 Å². The molecule has 3 heterocycles. The van der Waals surface area contributed by atoms with Crippen molar-refractivity contribution in [2.75, 3.05) is 33.9 Å². The number of hydrogen-bond acceptors (Lipinski definition) is 7. The molecule has 2 aromatic rings. The predicted molar refractivity (Wildman–Crippen MR) is 97.1 cm³/mol. The molecule has 1 amide bonds. The fraction of sp³-hybridized carbons (Fsp3) is 0.588. The summed E-state index contributed by atoms with van der Waals surface area (Å²) in [6.45, 7) is 6.36. The number of aromatic nitrogens is 2. The number of rotatable bonds is 5. The van der Waals surface area contributed by atoms with Crippen LogP contribution in [0.1, 0.15) is 34.4 Å². The largest absolute Gasteiger partial charge is 0.480 e. The Balaban J connectivity index is 2.00. The van der Waals surface area contributed by atoms with Crippen molar-refractivity contribution in [3.8, 4) is 5.88 Å². The third-order valence-corrected chi connectivity index (χ3v) is 5.98. The van der Waals surface area contributed by atoms with Crippen LogP contribution in [0, 0.1) is 12.3 Å².